The Morgan fingerprint density at radius 3 is 2.58 bits per heavy atom. The van der Waals surface area contributed by atoms with E-state index >= 15 is 0 Å². The van der Waals surface area contributed by atoms with Crippen LogP contribution >= 0.6 is 11.3 Å². The number of aryl methyl sites for hydroxylation is 1. The minimum absolute atomic E-state index is 0.0523. The maximum Gasteiger partial charge on any atom is 0.261 e. The Kier molecular flexibility index (Phi) is 2.67. The lowest BCUT2D eigenvalue weighted by Gasteiger charge is -2.06. The highest BCUT2D eigenvalue weighted by atomic mass is 32.1. The minimum atomic E-state index is -0.0523. The first-order chi connectivity index (χ1) is 9.15. The Morgan fingerprint density at radius 2 is 1.89 bits per heavy atom. The fraction of sp³-hybridized carbons (Fsp3) is 0.231. The van der Waals surface area contributed by atoms with Gasteiger partial charge in [0.1, 0.15) is 0 Å². The van der Waals surface area contributed by atoms with E-state index in [1.807, 2.05) is 5.38 Å². The number of benzene rings is 1. The zero-order valence-electron chi connectivity index (χ0n) is 10.8. The summed E-state index contributed by atoms with van der Waals surface area (Å²) in [6.45, 7) is 1.80. The molecule has 1 aromatic carbocycles. The minimum Gasteiger partial charge on any atom is -0.493 e. The summed E-state index contributed by atoms with van der Waals surface area (Å²) in [4.78, 5) is 17.3. The van der Waals surface area contributed by atoms with Crippen LogP contribution < -0.4 is 15.0 Å². The average Bonchev–Trinajstić information content (AvgIpc) is 2.79. The lowest BCUT2D eigenvalue weighted by molar-refractivity contribution is 0.355. The Labute approximate surface area is 113 Å². The van der Waals surface area contributed by atoms with Gasteiger partial charge in [-0.25, -0.2) is 9.38 Å². The third-order valence-electron chi connectivity index (χ3n) is 3.01. The summed E-state index contributed by atoms with van der Waals surface area (Å²) in [5.41, 5.74) is 2.10. The van der Waals surface area contributed by atoms with Crippen molar-refractivity contribution in [2.75, 3.05) is 14.2 Å². The van der Waals surface area contributed by atoms with Crippen LogP contribution in [0, 0.1) is 6.92 Å². The van der Waals surface area contributed by atoms with E-state index in [0.717, 1.165) is 11.0 Å². The van der Waals surface area contributed by atoms with E-state index in [2.05, 4.69) is 4.98 Å². The third-order valence-corrected chi connectivity index (χ3v) is 3.97. The van der Waals surface area contributed by atoms with Gasteiger partial charge in [0.05, 0.1) is 25.3 Å². The van der Waals surface area contributed by atoms with E-state index in [4.69, 9.17) is 9.47 Å². The van der Waals surface area contributed by atoms with E-state index in [0.29, 0.717) is 22.0 Å². The molecular weight excluding hydrogens is 264 g/mol. The maximum absolute atomic E-state index is 12.2. The molecule has 0 N–H and O–H groups in total. The second-order valence-corrected chi connectivity index (χ2v) is 4.99. The first-order valence-electron chi connectivity index (χ1n) is 5.68. The molecule has 0 unspecified atom stereocenters. The monoisotopic (exact) mass is 276 g/mol. The third kappa shape index (κ3) is 1.67. The molecular formula is C13H12N2O3S. The van der Waals surface area contributed by atoms with Gasteiger partial charge in [0.25, 0.3) is 5.56 Å². The van der Waals surface area contributed by atoms with E-state index < -0.39 is 0 Å². The highest BCUT2D eigenvalue weighted by Crippen LogP contribution is 2.32. The van der Waals surface area contributed by atoms with Crippen molar-refractivity contribution in [3.05, 3.63) is 33.4 Å². The van der Waals surface area contributed by atoms with Crippen molar-refractivity contribution in [1.82, 2.24) is 9.38 Å². The number of ether oxygens (including phenoxy) is 2. The number of hydrogen-bond acceptors (Lipinski definition) is 5. The van der Waals surface area contributed by atoms with Gasteiger partial charge in [0, 0.05) is 23.1 Å². The summed E-state index contributed by atoms with van der Waals surface area (Å²) < 4.78 is 12.1. The summed E-state index contributed by atoms with van der Waals surface area (Å²) in [6.07, 6.45) is 0. The van der Waals surface area contributed by atoms with Crippen LogP contribution in [-0.2, 0) is 0 Å². The van der Waals surface area contributed by atoms with Crippen molar-refractivity contribution in [2.24, 2.45) is 0 Å². The molecule has 0 radical (unpaired) electrons. The number of rotatable bonds is 2. The molecule has 0 fully saturated rings. The molecule has 0 saturated carbocycles. The number of fused-ring (bicyclic) bond motifs is 3. The van der Waals surface area contributed by atoms with Gasteiger partial charge in [-0.1, -0.05) is 0 Å². The molecule has 0 bridgehead atoms. The van der Waals surface area contributed by atoms with Gasteiger partial charge in [-0.3, -0.25) is 4.79 Å². The number of aromatic nitrogens is 2. The first kappa shape index (κ1) is 12.0. The Hall–Kier alpha value is -2.08. The van der Waals surface area contributed by atoms with Crippen molar-refractivity contribution >= 4 is 27.3 Å². The van der Waals surface area contributed by atoms with E-state index in [1.165, 1.54) is 11.3 Å². The molecule has 0 atom stereocenters. The molecule has 19 heavy (non-hydrogen) atoms. The van der Waals surface area contributed by atoms with Crippen LogP contribution in [0.25, 0.3) is 16.0 Å². The van der Waals surface area contributed by atoms with E-state index in [-0.39, 0.29) is 5.56 Å². The molecule has 0 aliphatic heterocycles. The predicted molar refractivity (Wildman–Crippen MR) is 74.7 cm³/mol. The average molecular weight is 276 g/mol. The van der Waals surface area contributed by atoms with Crippen molar-refractivity contribution in [3.63, 3.8) is 0 Å². The number of imidazole rings is 1. The molecule has 3 aromatic rings. The number of methoxy groups -OCH3 is 2. The summed E-state index contributed by atoms with van der Waals surface area (Å²) in [7, 11) is 3.14. The van der Waals surface area contributed by atoms with Crippen LogP contribution in [0.15, 0.2) is 22.3 Å². The van der Waals surface area contributed by atoms with Gasteiger partial charge in [-0.05, 0) is 6.92 Å². The summed E-state index contributed by atoms with van der Waals surface area (Å²) in [6, 6.07) is 3.56. The molecule has 0 aliphatic rings. The smallest absolute Gasteiger partial charge is 0.261 e. The van der Waals surface area contributed by atoms with Crippen molar-refractivity contribution in [3.8, 4) is 11.5 Å². The molecule has 2 aromatic heterocycles. The molecule has 98 valence electrons. The lowest BCUT2D eigenvalue weighted by Crippen LogP contribution is -2.13. The molecule has 5 nitrogen and oxygen atoms in total. The van der Waals surface area contributed by atoms with Gasteiger partial charge < -0.3 is 9.47 Å². The van der Waals surface area contributed by atoms with Crippen LogP contribution in [0.4, 0.5) is 0 Å². The number of hydrogen-bond donors (Lipinski definition) is 0. The quantitative estimate of drug-likeness (QED) is 0.720. The summed E-state index contributed by atoms with van der Waals surface area (Å²) >= 11 is 1.44. The van der Waals surface area contributed by atoms with Gasteiger partial charge in [-0.15, -0.1) is 11.3 Å². The zero-order valence-corrected chi connectivity index (χ0v) is 11.6. The Balaban J connectivity index is 2.50. The highest BCUT2D eigenvalue weighted by Gasteiger charge is 2.13. The molecule has 6 heteroatoms. The van der Waals surface area contributed by atoms with Crippen LogP contribution in [0.3, 0.4) is 0 Å². The number of nitrogens with zero attached hydrogens (tertiary/aromatic N) is 2. The zero-order chi connectivity index (χ0) is 13.6. The van der Waals surface area contributed by atoms with Gasteiger partial charge in [0.15, 0.2) is 16.5 Å². The second kappa shape index (κ2) is 4.24. The van der Waals surface area contributed by atoms with Gasteiger partial charge in [-0.2, -0.15) is 0 Å². The van der Waals surface area contributed by atoms with Crippen LogP contribution in [0.5, 0.6) is 11.5 Å². The molecule has 2 heterocycles. The van der Waals surface area contributed by atoms with Crippen molar-refractivity contribution < 1.29 is 9.47 Å². The first-order valence-corrected chi connectivity index (χ1v) is 6.56. The lowest BCUT2D eigenvalue weighted by atomic mass is 10.2. The fourth-order valence-corrected chi connectivity index (χ4v) is 2.85. The van der Waals surface area contributed by atoms with Gasteiger partial charge in [0.2, 0.25) is 0 Å². The van der Waals surface area contributed by atoms with E-state index in [9.17, 15) is 4.79 Å². The van der Waals surface area contributed by atoms with Crippen molar-refractivity contribution in [1.29, 1.82) is 0 Å². The molecule has 3 rings (SSSR count). The van der Waals surface area contributed by atoms with Gasteiger partial charge >= 0.3 is 0 Å². The maximum atomic E-state index is 12.2. The predicted octanol–water partition coefficient (Wildman–Crippen LogP) is 2.23. The summed E-state index contributed by atoms with van der Waals surface area (Å²) in [5.74, 6) is 1.19. The molecule has 0 amide bonds. The molecule has 0 spiro atoms. The van der Waals surface area contributed by atoms with Crippen LogP contribution in [0.1, 0.15) is 5.56 Å². The Morgan fingerprint density at radius 1 is 1.21 bits per heavy atom. The van der Waals surface area contributed by atoms with Crippen LogP contribution in [-0.4, -0.2) is 23.6 Å². The normalized spacial score (nSPS) is 11.1. The Bertz CT molecular complexity index is 835. The second-order valence-electron chi connectivity index (χ2n) is 4.15. The fourth-order valence-electron chi connectivity index (χ4n) is 2.03. The SMILES string of the molecule is COc1cc2nc3scc(C)c(=O)n3c2cc1OC. The topological polar surface area (TPSA) is 52.8 Å². The van der Waals surface area contributed by atoms with Crippen LogP contribution in [0.2, 0.25) is 0 Å². The molecule has 0 saturated heterocycles. The standard InChI is InChI=1S/C13H12N2O3S/c1-7-6-19-13-14-8-4-10(17-2)11(18-3)5-9(8)15(13)12(7)16/h4-6H,1-3H3. The molecule has 0 aliphatic carbocycles. The summed E-state index contributed by atoms with van der Waals surface area (Å²) in [5, 5.41) is 1.82. The highest BCUT2D eigenvalue weighted by molar-refractivity contribution is 7.15. The van der Waals surface area contributed by atoms with E-state index in [1.54, 1.807) is 37.7 Å². The largest absolute Gasteiger partial charge is 0.493 e. The van der Waals surface area contributed by atoms with Crippen molar-refractivity contribution in [2.45, 2.75) is 6.92 Å².